The quantitative estimate of drug-likeness (QED) is 0.412. The van der Waals surface area contributed by atoms with Crippen molar-refractivity contribution >= 4 is 55.4 Å². The van der Waals surface area contributed by atoms with E-state index in [4.69, 9.17) is 50.8 Å². The van der Waals surface area contributed by atoms with Gasteiger partial charge < -0.3 is 4.43 Å². The van der Waals surface area contributed by atoms with Gasteiger partial charge in [0.15, 0.2) is 0 Å². The van der Waals surface area contributed by atoms with Crippen molar-refractivity contribution in [1.29, 1.82) is 0 Å². The Balaban J connectivity index is 2.59. The Bertz CT molecular complexity index is 384. The van der Waals surface area contributed by atoms with Crippen LogP contribution in [0.3, 0.4) is 0 Å². The lowest BCUT2D eigenvalue weighted by atomic mass is 10.2. The SMILES string of the molecule is CC[Si]1Cc2c(Cl)c(Cl)c(Cl)c(Cl)c2O1. The van der Waals surface area contributed by atoms with Crippen molar-refractivity contribution in [3.63, 3.8) is 0 Å². The maximum atomic E-state index is 6.10. The van der Waals surface area contributed by atoms with Crippen molar-refractivity contribution in [2.45, 2.75) is 19.0 Å². The molecule has 1 heterocycles. The lowest BCUT2D eigenvalue weighted by Crippen LogP contribution is -2.16. The minimum absolute atomic E-state index is 0.279. The monoisotopic (exact) mass is 299 g/mol. The van der Waals surface area contributed by atoms with E-state index >= 15 is 0 Å². The standard InChI is InChI=1S/C9H7Cl4OSi/c1-2-15-3-4-5(10)6(11)7(12)8(13)9(4)14-15/h2-3H2,1H3. The van der Waals surface area contributed by atoms with Crippen LogP contribution in [0.15, 0.2) is 0 Å². The molecule has 1 aromatic rings. The van der Waals surface area contributed by atoms with Crippen molar-refractivity contribution in [1.82, 2.24) is 0 Å². The van der Waals surface area contributed by atoms with Crippen LogP contribution in [0.1, 0.15) is 12.5 Å². The van der Waals surface area contributed by atoms with Crippen molar-refractivity contribution < 1.29 is 4.43 Å². The van der Waals surface area contributed by atoms with Gasteiger partial charge in [-0.3, -0.25) is 0 Å². The van der Waals surface area contributed by atoms with Crippen LogP contribution in [-0.4, -0.2) is 9.04 Å². The maximum absolute atomic E-state index is 6.10. The molecule has 0 amide bonds. The van der Waals surface area contributed by atoms with Gasteiger partial charge in [-0.2, -0.15) is 0 Å². The molecule has 0 saturated heterocycles. The van der Waals surface area contributed by atoms with E-state index in [1.54, 1.807) is 0 Å². The molecule has 1 radical (unpaired) electrons. The van der Waals surface area contributed by atoms with Crippen LogP contribution in [0.25, 0.3) is 0 Å². The third-order valence-electron chi connectivity index (χ3n) is 2.33. The summed E-state index contributed by atoms with van der Waals surface area (Å²) < 4.78 is 5.75. The topological polar surface area (TPSA) is 9.23 Å². The molecule has 0 aliphatic carbocycles. The summed E-state index contributed by atoms with van der Waals surface area (Å²) in [5.41, 5.74) is 0.909. The van der Waals surface area contributed by atoms with Crippen molar-refractivity contribution in [3.05, 3.63) is 25.7 Å². The molecule has 0 N–H and O–H groups in total. The lowest BCUT2D eigenvalue weighted by molar-refractivity contribution is 0.589. The molecular weight excluding hydrogens is 294 g/mol. The highest BCUT2D eigenvalue weighted by atomic mass is 35.5. The fourth-order valence-corrected chi connectivity index (χ4v) is 4.36. The second kappa shape index (κ2) is 4.34. The highest BCUT2D eigenvalue weighted by Gasteiger charge is 2.32. The molecule has 0 fully saturated rings. The van der Waals surface area contributed by atoms with Crippen LogP contribution < -0.4 is 4.43 Å². The molecule has 1 aliphatic heterocycles. The van der Waals surface area contributed by atoms with E-state index in [2.05, 4.69) is 6.92 Å². The number of hydrogen-bond acceptors (Lipinski definition) is 1. The van der Waals surface area contributed by atoms with Gasteiger partial charge in [-0.05, 0) is 6.04 Å². The molecule has 2 rings (SSSR count). The van der Waals surface area contributed by atoms with Gasteiger partial charge in [-0.25, -0.2) is 0 Å². The molecular formula is C9H7Cl4OSi. The molecule has 6 heteroatoms. The van der Waals surface area contributed by atoms with Crippen LogP contribution in [-0.2, 0) is 6.04 Å². The van der Waals surface area contributed by atoms with Crippen LogP contribution in [0, 0.1) is 0 Å². The van der Waals surface area contributed by atoms with E-state index in [-0.39, 0.29) is 5.02 Å². The third-order valence-corrected chi connectivity index (χ3v) is 6.18. The molecule has 81 valence electrons. The Morgan fingerprint density at radius 2 is 1.67 bits per heavy atom. The van der Waals surface area contributed by atoms with Crippen molar-refractivity contribution in [2.24, 2.45) is 0 Å². The number of fused-ring (bicyclic) bond motifs is 1. The summed E-state index contributed by atoms with van der Waals surface area (Å²) in [7, 11) is -0.872. The predicted octanol–water partition coefficient (Wildman–Crippen LogP) is 4.79. The van der Waals surface area contributed by atoms with Crippen LogP contribution >= 0.6 is 46.4 Å². The zero-order chi connectivity index (χ0) is 11.2. The van der Waals surface area contributed by atoms with Gasteiger partial charge in [0, 0.05) is 11.6 Å². The largest absolute Gasteiger partial charge is 0.540 e. The molecule has 0 atom stereocenters. The van der Waals surface area contributed by atoms with E-state index in [1.807, 2.05) is 0 Å². The smallest absolute Gasteiger partial charge is 0.285 e. The first-order valence-electron chi connectivity index (χ1n) is 4.43. The van der Waals surface area contributed by atoms with Gasteiger partial charge in [0.2, 0.25) is 0 Å². The third kappa shape index (κ3) is 1.87. The van der Waals surface area contributed by atoms with Crippen LogP contribution in [0.4, 0.5) is 0 Å². The van der Waals surface area contributed by atoms with E-state index in [9.17, 15) is 0 Å². The molecule has 0 aromatic heterocycles. The average molecular weight is 301 g/mol. The molecule has 15 heavy (non-hydrogen) atoms. The summed E-state index contributed by atoms with van der Waals surface area (Å²) in [5, 5.41) is 1.47. The summed E-state index contributed by atoms with van der Waals surface area (Å²) in [6, 6.07) is 1.84. The van der Waals surface area contributed by atoms with Crippen LogP contribution in [0.5, 0.6) is 5.75 Å². The molecule has 1 aliphatic rings. The fourth-order valence-electron chi connectivity index (χ4n) is 1.50. The first-order chi connectivity index (χ1) is 7.06. The summed E-state index contributed by atoms with van der Waals surface area (Å²) in [4.78, 5) is 0. The predicted molar refractivity (Wildman–Crippen MR) is 67.0 cm³/mol. The van der Waals surface area contributed by atoms with Gasteiger partial charge in [0.05, 0.1) is 15.1 Å². The minimum Gasteiger partial charge on any atom is -0.540 e. The highest BCUT2D eigenvalue weighted by Crippen LogP contribution is 2.48. The summed E-state index contributed by atoms with van der Waals surface area (Å²) in [5.74, 6) is 0.631. The Labute approximate surface area is 110 Å². The lowest BCUT2D eigenvalue weighted by Gasteiger charge is -2.09. The second-order valence-corrected chi connectivity index (χ2v) is 7.09. The van der Waals surface area contributed by atoms with E-state index in [0.717, 1.165) is 17.7 Å². The Hall–Kier alpha value is 0.397. The maximum Gasteiger partial charge on any atom is 0.285 e. The molecule has 0 unspecified atom stereocenters. The second-order valence-electron chi connectivity index (χ2n) is 3.23. The minimum atomic E-state index is -0.872. The molecule has 0 bridgehead atoms. The van der Waals surface area contributed by atoms with Gasteiger partial charge in [0.1, 0.15) is 10.8 Å². The highest BCUT2D eigenvalue weighted by molar-refractivity contribution is 6.57. The normalized spacial score (nSPS) is 15.3. The Kier molecular flexibility index (Phi) is 3.44. The van der Waals surface area contributed by atoms with Crippen molar-refractivity contribution in [3.8, 4) is 5.75 Å². The van der Waals surface area contributed by atoms with E-state index in [0.29, 0.717) is 20.8 Å². The van der Waals surface area contributed by atoms with Crippen molar-refractivity contribution in [2.75, 3.05) is 0 Å². The zero-order valence-electron chi connectivity index (χ0n) is 7.83. The average Bonchev–Trinajstić information content (AvgIpc) is 2.67. The fraction of sp³-hybridized carbons (Fsp3) is 0.333. The first-order valence-corrected chi connectivity index (χ1v) is 7.77. The number of rotatable bonds is 1. The molecule has 1 aromatic carbocycles. The summed E-state index contributed by atoms with van der Waals surface area (Å²) in [6.45, 7) is 2.09. The Morgan fingerprint density at radius 3 is 2.27 bits per heavy atom. The van der Waals surface area contributed by atoms with Gasteiger partial charge in [-0.15, -0.1) is 0 Å². The number of hydrogen-bond donors (Lipinski definition) is 0. The summed E-state index contributed by atoms with van der Waals surface area (Å²) in [6.07, 6.45) is 0. The molecule has 0 spiro atoms. The van der Waals surface area contributed by atoms with Crippen LogP contribution in [0.2, 0.25) is 26.1 Å². The van der Waals surface area contributed by atoms with E-state index < -0.39 is 9.04 Å². The zero-order valence-corrected chi connectivity index (χ0v) is 11.9. The molecule has 0 saturated carbocycles. The van der Waals surface area contributed by atoms with E-state index in [1.165, 1.54) is 0 Å². The number of benzene rings is 1. The summed E-state index contributed by atoms with van der Waals surface area (Å²) >= 11 is 24.1. The van der Waals surface area contributed by atoms with Gasteiger partial charge >= 0.3 is 0 Å². The first kappa shape index (κ1) is 11.9. The molecule has 1 nitrogen and oxygen atoms in total. The number of halogens is 4. The van der Waals surface area contributed by atoms with Gasteiger partial charge in [0.25, 0.3) is 9.04 Å². The van der Waals surface area contributed by atoms with Gasteiger partial charge in [-0.1, -0.05) is 53.3 Å². The Morgan fingerprint density at radius 1 is 1.07 bits per heavy atom.